The molecule has 0 N–H and O–H groups in total. The molecule has 2 aromatic rings. The number of ketones is 1. The van der Waals surface area contributed by atoms with Gasteiger partial charge in [0.2, 0.25) is 0 Å². The van der Waals surface area contributed by atoms with Crippen molar-refractivity contribution in [3.8, 4) is 0 Å². The standard InChI is InChI=1S/C14H8Cl2FIO/c15-9-4-5-12(18)10(7-9)13(19)6-8-2-1-3-11(17)14(8)16/h1-5,7H,6H2. The summed E-state index contributed by atoms with van der Waals surface area (Å²) in [4.78, 5) is 12.2. The molecule has 0 bridgehead atoms. The third-order valence-electron chi connectivity index (χ3n) is 2.61. The van der Waals surface area contributed by atoms with Crippen LogP contribution < -0.4 is 0 Å². The first-order valence-electron chi connectivity index (χ1n) is 5.40. The van der Waals surface area contributed by atoms with Crippen molar-refractivity contribution in [1.29, 1.82) is 0 Å². The maximum Gasteiger partial charge on any atom is 0.168 e. The van der Waals surface area contributed by atoms with Crippen LogP contribution in [0.4, 0.5) is 4.39 Å². The predicted molar refractivity (Wildman–Crippen MR) is 83.6 cm³/mol. The van der Waals surface area contributed by atoms with Gasteiger partial charge in [-0.25, -0.2) is 4.39 Å². The fourth-order valence-corrected chi connectivity index (χ4v) is 2.67. The molecular formula is C14H8Cl2FIO. The number of benzene rings is 2. The van der Waals surface area contributed by atoms with E-state index in [2.05, 4.69) is 22.6 Å². The number of Topliss-reactive ketones (excluding diaryl/α,β-unsaturated/α-hetero) is 1. The van der Waals surface area contributed by atoms with Crippen molar-refractivity contribution >= 4 is 51.6 Å². The third-order valence-corrected chi connectivity index (χ3v) is 4.21. The lowest BCUT2D eigenvalue weighted by Gasteiger charge is -2.06. The van der Waals surface area contributed by atoms with Gasteiger partial charge in [-0.15, -0.1) is 0 Å². The lowest BCUT2D eigenvalue weighted by Crippen LogP contribution is -2.06. The van der Waals surface area contributed by atoms with E-state index >= 15 is 0 Å². The van der Waals surface area contributed by atoms with E-state index in [0.717, 1.165) is 3.57 Å². The zero-order chi connectivity index (χ0) is 14.0. The zero-order valence-electron chi connectivity index (χ0n) is 9.59. The van der Waals surface area contributed by atoms with Crippen molar-refractivity contribution in [2.75, 3.05) is 0 Å². The fourth-order valence-electron chi connectivity index (χ4n) is 1.66. The number of halogens is 4. The molecule has 0 atom stereocenters. The zero-order valence-corrected chi connectivity index (χ0v) is 13.3. The van der Waals surface area contributed by atoms with Gasteiger partial charge in [0, 0.05) is 20.6 Å². The molecule has 0 saturated heterocycles. The molecule has 2 rings (SSSR count). The quantitative estimate of drug-likeness (QED) is 0.506. The highest BCUT2D eigenvalue weighted by molar-refractivity contribution is 14.1. The SMILES string of the molecule is O=C(Cc1cccc(F)c1Cl)c1cc(Cl)ccc1I. The Morgan fingerprint density at radius 2 is 1.95 bits per heavy atom. The summed E-state index contributed by atoms with van der Waals surface area (Å²) < 4.78 is 14.1. The number of hydrogen-bond acceptors (Lipinski definition) is 1. The maximum absolute atomic E-state index is 13.3. The predicted octanol–water partition coefficient (Wildman–Crippen LogP) is 5.16. The summed E-state index contributed by atoms with van der Waals surface area (Å²) >= 11 is 13.8. The second-order valence-electron chi connectivity index (χ2n) is 3.94. The van der Waals surface area contributed by atoms with E-state index in [1.807, 2.05) is 0 Å². The van der Waals surface area contributed by atoms with Gasteiger partial charge in [0.15, 0.2) is 5.78 Å². The van der Waals surface area contributed by atoms with Gasteiger partial charge >= 0.3 is 0 Å². The molecule has 0 aromatic heterocycles. The summed E-state index contributed by atoms with van der Waals surface area (Å²) in [6.45, 7) is 0. The van der Waals surface area contributed by atoms with Crippen molar-refractivity contribution in [2.24, 2.45) is 0 Å². The molecular weight excluding hydrogens is 401 g/mol. The molecule has 5 heteroatoms. The number of rotatable bonds is 3. The molecule has 98 valence electrons. The highest BCUT2D eigenvalue weighted by Gasteiger charge is 2.14. The molecule has 0 fully saturated rings. The molecule has 19 heavy (non-hydrogen) atoms. The topological polar surface area (TPSA) is 17.1 Å². The molecule has 0 aliphatic carbocycles. The summed E-state index contributed by atoms with van der Waals surface area (Å²) in [5, 5.41) is 0.488. The van der Waals surface area contributed by atoms with Crippen molar-refractivity contribution in [2.45, 2.75) is 6.42 Å². The van der Waals surface area contributed by atoms with Crippen LogP contribution in [0.5, 0.6) is 0 Å². The minimum Gasteiger partial charge on any atom is -0.294 e. The Bertz CT molecular complexity index is 643. The average molecular weight is 409 g/mol. The van der Waals surface area contributed by atoms with Gasteiger partial charge in [-0.2, -0.15) is 0 Å². The molecule has 1 nitrogen and oxygen atoms in total. The third kappa shape index (κ3) is 3.46. The van der Waals surface area contributed by atoms with Crippen LogP contribution >= 0.6 is 45.8 Å². The molecule has 0 radical (unpaired) electrons. The largest absolute Gasteiger partial charge is 0.294 e. The van der Waals surface area contributed by atoms with Gasteiger partial charge in [-0.1, -0.05) is 35.3 Å². The first-order valence-corrected chi connectivity index (χ1v) is 7.23. The summed E-state index contributed by atoms with van der Waals surface area (Å²) in [5.41, 5.74) is 0.996. The second kappa shape index (κ2) is 6.20. The normalized spacial score (nSPS) is 10.5. The Morgan fingerprint density at radius 1 is 1.21 bits per heavy atom. The van der Waals surface area contributed by atoms with Gasteiger partial charge in [0.25, 0.3) is 0 Å². The molecule has 2 aromatic carbocycles. The maximum atomic E-state index is 13.3. The van der Waals surface area contributed by atoms with Gasteiger partial charge in [-0.3, -0.25) is 4.79 Å². The lowest BCUT2D eigenvalue weighted by molar-refractivity contribution is 0.0992. The number of hydrogen-bond donors (Lipinski definition) is 0. The highest BCUT2D eigenvalue weighted by atomic mass is 127. The molecule has 0 heterocycles. The first kappa shape index (κ1) is 14.8. The minimum absolute atomic E-state index is 0.00659. The Balaban J connectivity index is 2.31. The first-order chi connectivity index (χ1) is 8.99. The summed E-state index contributed by atoms with van der Waals surface area (Å²) in [6, 6.07) is 9.53. The van der Waals surface area contributed by atoms with Crippen LogP contribution in [0.15, 0.2) is 36.4 Å². The summed E-state index contributed by atoms with van der Waals surface area (Å²) in [6.07, 6.45) is 0.0485. The monoisotopic (exact) mass is 408 g/mol. The van der Waals surface area contributed by atoms with Crippen LogP contribution in [0.2, 0.25) is 10.0 Å². The number of carbonyl (C=O) groups is 1. The average Bonchev–Trinajstić information content (AvgIpc) is 2.38. The molecule has 0 amide bonds. The highest BCUT2D eigenvalue weighted by Crippen LogP contribution is 2.24. The Kier molecular flexibility index (Phi) is 4.81. The van der Waals surface area contributed by atoms with Gasteiger partial charge in [0.05, 0.1) is 5.02 Å². The van der Waals surface area contributed by atoms with Crippen LogP contribution in [0.1, 0.15) is 15.9 Å². The van der Waals surface area contributed by atoms with E-state index in [0.29, 0.717) is 16.1 Å². The Labute approximate surface area is 133 Å². The second-order valence-corrected chi connectivity index (χ2v) is 5.91. The van der Waals surface area contributed by atoms with Crippen molar-refractivity contribution in [3.05, 3.63) is 67.0 Å². The van der Waals surface area contributed by atoms with Crippen LogP contribution in [0, 0.1) is 9.39 Å². The smallest absolute Gasteiger partial charge is 0.168 e. The molecule has 0 aliphatic heterocycles. The van der Waals surface area contributed by atoms with Crippen molar-refractivity contribution in [3.63, 3.8) is 0 Å². The van der Waals surface area contributed by atoms with E-state index in [4.69, 9.17) is 23.2 Å². The van der Waals surface area contributed by atoms with E-state index in [1.165, 1.54) is 12.1 Å². The molecule has 0 saturated carbocycles. The fraction of sp³-hybridized carbons (Fsp3) is 0.0714. The number of carbonyl (C=O) groups excluding carboxylic acids is 1. The van der Waals surface area contributed by atoms with Crippen LogP contribution in [-0.4, -0.2) is 5.78 Å². The molecule has 0 aliphatic rings. The van der Waals surface area contributed by atoms with Gasteiger partial charge in [0.1, 0.15) is 5.82 Å². The van der Waals surface area contributed by atoms with Crippen LogP contribution in [0.25, 0.3) is 0 Å². The van der Waals surface area contributed by atoms with E-state index < -0.39 is 5.82 Å². The molecule has 0 spiro atoms. The van der Waals surface area contributed by atoms with E-state index in [1.54, 1.807) is 24.3 Å². The Morgan fingerprint density at radius 3 is 2.68 bits per heavy atom. The summed E-state index contributed by atoms with van der Waals surface area (Å²) in [5.74, 6) is -0.660. The summed E-state index contributed by atoms with van der Waals surface area (Å²) in [7, 11) is 0. The minimum atomic E-state index is -0.521. The van der Waals surface area contributed by atoms with Gasteiger partial charge < -0.3 is 0 Å². The van der Waals surface area contributed by atoms with Crippen LogP contribution in [0.3, 0.4) is 0 Å². The van der Waals surface area contributed by atoms with E-state index in [9.17, 15) is 9.18 Å². The van der Waals surface area contributed by atoms with Crippen LogP contribution in [-0.2, 0) is 6.42 Å². The van der Waals surface area contributed by atoms with Gasteiger partial charge in [-0.05, 0) is 52.4 Å². The van der Waals surface area contributed by atoms with E-state index in [-0.39, 0.29) is 17.2 Å². The lowest BCUT2D eigenvalue weighted by atomic mass is 10.0. The molecule has 0 unspecified atom stereocenters. The Hall–Kier alpha value is -0.650. The van der Waals surface area contributed by atoms with Crippen molar-refractivity contribution in [1.82, 2.24) is 0 Å². The van der Waals surface area contributed by atoms with Crippen molar-refractivity contribution < 1.29 is 9.18 Å².